The summed E-state index contributed by atoms with van der Waals surface area (Å²) in [4.78, 5) is 12.3. The predicted molar refractivity (Wildman–Crippen MR) is 95.2 cm³/mol. The van der Waals surface area contributed by atoms with Crippen LogP contribution in [0.5, 0.6) is 5.75 Å². The number of benzene rings is 1. The van der Waals surface area contributed by atoms with Crippen molar-refractivity contribution in [3.05, 3.63) is 30.9 Å². The van der Waals surface area contributed by atoms with E-state index >= 15 is 0 Å². The van der Waals surface area contributed by atoms with Gasteiger partial charge < -0.3 is 14.8 Å². The molecule has 2 N–H and O–H groups in total. The molecule has 0 radical (unpaired) electrons. The molecule has 1 aliphatic rings. The molecule has 0 aliphatic heterocycles. The van der Waals surface area contributed by atoms with E-state index in [2.05, 4.69) is 16.6 Å². The normalized spacial score (nSPS) is 15.4. The number of ether oxygens (including phenoxy) is 2. The number of hydrogen-bond acceptors (Lipinski definition) is 5. The second-order valence-corrected chi connectivity index (χ2v) is 7.55. The van der Waals surface area contributed by atoms with Crippen LogP contribution in [0.2, 0.25) is 0 Å². The number of hydrogen-bond donors (Lipinski definition) is 2. The van der Waals surface area contributed by atoms with Crippen molar-refractivity contribution in [1.82, 2.24) is 4.72 Å². The summed E-state index contributed by atoms with van der Waals surface area (Å²) >= 11 is 0. The summed E-state index contributed by atoms with van der Waals surface area (Å²) in [5.74, 6) is -0.0101. The lowest BCUT2D eigenvalue weighted by atomic mass is 10.2. The van der Waals surface area contributed by atoms with Crippen molar-refractivity contribution in [2.45, 2.75) is 43.2 Å². The van der Waals surface area contributed by atoms with Crippen LogP contribution in [0, 0.1) is 0 Å². The maximum Gasteiger partial charge on any atom is 0.253 e. The number of nitrogens with one attached hydrogen (secondary N) is 2. The first kappa shape index (κ1) is 19.4. The standard InChI is InChI=1S/C17H24N2O5S/c1-4-5-10-24-12(2)17(20)18-15-11-14(8-9-16(15)23-3)25(21,22)19-13-6-7-13/h4,8-9,11-13,19H,1,5-7,10H2,2-3H3,(H,18,20). The van der Waals surface area contributed by atoms with Crippen LogP contribution in [-0.4, -0.2) is 40.2 Å². The van der Waals surface area contributed by atoms with Crippen LogP contribution in [0.25, 0.3) is 0 Å². The number of amides is 1. The summed E-state index contributed by atoms with van der Waals surface area (Å²) in [6.45, 7) is 5.60. The minimum Gasteiger partial charge on any atom is -0.495 e. The minimum atomic E-state index is -3.62. The van der Waals surface area contributed by atoms with Gasteiger partial charge in [-0.05, 0) is 44.4 Å². The number of methoxy groups -OCH3 is 1. The van der Waals surface area contributed by atoms with E-state index in [4.69, 9.17) is 9.47 Å². The molecule has 0 heterocycles. The van der Waals surface area contributed by atoms with E-state index in [0.717, 1.165) is 12.8 Å². The predicted octanol–water partition coefficient (Wildman–Crippen LogP) is 2.06. The topological polar surface area (TPSA) is 93.7 Å². The van der Waals surface area contributed by atoms with Crippen molar-refractivity contribution in [1.29, 1.82) is 0 Å². The number of sulfonamides is 1. The Morgan fingerprint density at radius 1 is 1.44 bits per heavy atom. The quantitative estimate of drug-likeness (QED) is 0.487. The fourth-order valence-electron chi connectivity index (χ4n) is 2.08. The molecule has 0 spiro atoms. The van der Waals surface area contributed by atoms with Crippen molar-refractivity contribution >= 4 is 21.6 Å². The lowest BCUT2D eigenvalue weighted by Crippen LogP contribution is -2.29. The van der Waals surface area contributed by atoms with Gasteiger partial charge in [0.25, 0.3) is 5.91 Å². The number of rotatable bonds is 10. The maximum atomic E-state index is 12.3. The molecule has 0 saturated heterocycles. The molecule has 1 aliphatic carbocycles. The third kappa shape index (κ3) is 5.55. The Balaban J connectivity index is 2.13. The smallest absolute Gasteiger partial charge is 0.253 e. The van der Waals surface area contributed by atoms with Crippen LogP contribution in [0.4, 0.5) is 5.69 Å². The SMILES string of the molecule is C=CCCOC(C)C(=O)Nc1cc(S(=O)(=O)NC2CC2)ccc1OC. The highest BCUT2D eigenvalue weighted by atomic mass is 32.2. The third-order valence-corrected chi connectivity index (χ3v) is 5.22. The summed E-state index contributed by atoms with van der Waals surface area (Å²) in [6, 6.07) is 4.35. The van der Waals surface area contributed by atoms with Gasteiger partial charge in [-0.25, -0.2) is 13.1 Å². The number of anilines is 1. The largest absolute Gasteiger partial charge is 0.495 e. The highest BCUT2D eigenvalue weighted by molar-refractivity contribution is 7.89. The monoisotopic (exact) mass is 368 g/mol. The van der Waals surface area contributed by atoms with Gasteiger partial charge in [0.15, 0.2) is 0 Å². The van der Waals surface area contributed by atoms with E-state index in [0.29, 0.717) is 18.8 Å². The van der Waals surface area contributed by atoms with E-state index in [1.54, 1.807) is 13.0 Å². The molecule has 1 fully saturated rings. The van der Waals surface area contributed by atoms with E-state index in [-0.39, 0.29) is 22.5 Å². The summed E-state index contributed by atoms with van der Waals surface area (Å²) in [6.07, 6.45) is 3.35. The first-order valence-electron chi connectivity index (χ1n) is 8.11. The van der Waals surface area contributed by atoms with Gasteiger partial charge in [-0.3, -0.25) is 4.79 Å². The van der Waals surface area contributed by atoms with Crippen LogP contribution in [-0.2, 0) is 19.6 Å². The second kappa shape index (κ2) is 8.46. The van der Waals surface area contributed by atoms with Gasteiger partial charge in [-0.15, -0.1) is 6.58 Å². The fraction of sp³-hybridized carbons (Fsp3) is 0.471. The average molecular weight is 368 g/mol. The Bertz CT molecular complexity index is 729. The van der Waals surface area contributed by atoms with Gasteiger partial charge >= 0.3 is 0 Å². The molecule has 0 aromatic heterocycles. The van der Waals surface area contributed by atoms with Gasteiger partial charge in [-0.1, -0.05) is 6.08 Å². The molecule has 8 heteroatoms. The zero-order chi connectivity index (χ0) is 18.4. The Labute approximate surface area is 148 Å². The van der Waals surface area contributed by atoms with Crippen molar-refractivity contribution in [2.24, 2.45) is 0 Å². The van der Waals surface area contributed by atoms with Gasteiger partial charge in [0.1, 0.15) is 11.9 Å². The summed E-state index contributed by atoms with van der Waals surface area (Å²) in [7, 11) is -2.17. The first-order valence-corrected chi connectivity index (χ1v) is 9.59. The zero-order valence-corrected chi connectivity index (χ0v) is 15.3. The Hall–Kier alpha value is -1.90. The highest BCUT2D eigenvalue weighted by Crippen LogP contribution is 2.29. The molecule has 1 aromatic carbocycles. The number of carbonyl (C=O) groups is 1. The molecule has 25 heavy (non-hydrogen) atoms. The molecule has 0 bridgehead atoms. The Kier molecular flexibility index (Phi) is 6.57. The van der Waals surface area contributed by atoms with Crippen molar-refractivity contribution in [3.63, 3.8) is 0 Å². The van der Waals surface area contributed by atoms with Crippen molar-refractivity contribution in [2.75, 3.05) is 19.0 Å². The van der Waals surface area contributed by atoms with Crippen LogP contribution >= 0.6 is 0 Å². The molecule has 138 valence electrons. The lowest BCUT2D eigenvalue weighted by Gasteiger charge is -2.16. The van der Waals surface area contributed by atoms with E-state index < -0.39 is 16.1 Å². The summed E-state index contributed by atoms with van der Waals surface area (Å²) < 4.78 is 37.9. The molecule has 2 rings (SSSR count). The molecule has 1 unspecified atom stereocenters. The molecule has 1 amide bonds. The average Bonchev–Trinajstić information content (AvgIpc) is 3.38. The lowest BCUT2D eigenvalue weighted by molar-refractivity contribution is -0.126. The van der Waals surface area contributed by atoms with Crippen LogP contribution in [0.3, 0.4) is 0 Å². The summed E-state index contributed by atoms with van der Waals surface area (Å²) in [5.41, 5.74) is 0.283. The maximum absolute atomic E-state index is 12.3. The van der Waals surface area contributed by atoms with Gasteiger partial charge in [0.2, 0.25) is 10.0 Å². The Morgan fingerprint density at radius 3 is 2.76 bits per heavy atom. The number of carbonyl (C=O) groups excluding carboxylic acids is 1. The third-order valence-electron chi connectivity index (χ3n) is 3.70. The Morgan fingerprint density at radius 2 is 2.16 bits per heavy atom. The van der Waals surface area contributed by atoms with Gasteiger partial charge in [-0.2, -0.15) is 0 Å². The van der Waals surface area contributed by atoms with Crippen LogP contribution < -0.4 is 14.8 Å². The van der Waals surface area contributed by atoms with Crippen molar-refractivity contribution in [3.8, 4) is 5.75 Å². The molecular weight excluding hydrogens is 344 g/mol. The molecule has 1 aromatic rings. The van der Waals surface area contributed by atoms with Crippen LogP contribution in [0.1, 0.15) is 26.2 Å². The molecule has 1 saturated carbocycles. The molecule has 1 atom stereocenters. The molecular formula is C17H24N2O5S. The van der Waals surface area contributed by atoms with E-state index in [1.165, 1.54) is 25.3 Å². The van der Waals surface area contributed by atoms with E-state index in [1.807, 2.05) is 0 Å². The van der Waals surface area contributed by atoms with Gasteiger partial charge in [0.05, 0.1) is 24.3 Å². The van der Waals surface area contributed by atoms with Crippen LogP contribution in [0.15, 0.2) is 35.7 Å². The van der Waals surface area contributed by atoms with Gasteiger partial charge in [0, 0.05) is 6.04 Å². The highest BCUT2D eigenvalue weighted by Gasteiger charge is 2.28. The molecule has 7 nitrogen and oxygen atoms in total. The summed E-state index contributed by atoms with van der Waals surface area (Å²) in [5, 5.41) is 2.66. The van der Waals surface area contributed by atoms with E-state index in [9.17, 15) is 13.2 Å². The van der Waals surface area contributed by atoms with Crippen molar-refractivity contribution < 1.29 is 22.7 Å². The fourth-order valence-corrected chi connectivity index (χ4v) is 3.41. The first-order chi connectivity index (χ1) is 11.9. The zero-order valence-electron chi connectivity index (χ0n) is 14.4. The minimum absolute atomic E-state index is 0.00317. The second-order valence-electron chi connectivity index (χ2n) is 5.84.